The van der Waals surface area contributed by atoms with Gasteiger partial charge in [-0.15, -0.1) is 11.8 Å². The standard InChI is InChI=1S/C13H23N3O2S/c1-5-18-13(17)10-11(14)16(8-7-9(3)4)15-12(10)19-6-2/h9H,5-8,14H2,1-4H3. The number of ether oxygens (including phenoxy) is 1. The lowest BCUT2D eigenvalue weighted by Crippen LogP contribution is -2.11. The Morgan fingerprint density at radius 3 is 2.68 bits per heavy atom. The summed E-state index contributed by atoms with van der Waals surface area (Å²) in [5.41, 5.74) is 6.45. The van der Waals surface area contributed by atoms with Gasteiger partial charge in [0.05, 0.1) is 6.61 Å². The molecule has 1 aromatic rings. The highest BCUT2D eigenvalue weighted by molar-refractivity contribution is 7.99. The third-order valence-corrected chi connectivity index (χ3v) is 3.49. The van der Waals surface area contributed by atoms with Crippen molar-refractivity contribution in [1.29, 1.82) is 0 Å². The highest BCUT2D eigenvalue weighted by atomic mass is 32.2. The van der Waals surface area contributed by atoms with Crippen LogP contribution in [0.15, 0.2) is 5.03 Å². The number of nitrogens with zero attached hydrogens (tertiary/aromatic N) is 2. The van der Waals surface area contributed by atoms with Crippen LogP contribution in [0.25, 0.3) is 0 Å². The molecular weight excluding hydrogens is 262 g/mol. The summed E-state index contributed by atoms with van der Waals surface area (Å²) in [6, 6.07) is 0. The molecule has 0 bridgehead atoms. The van der Waals surface area contributed by atoms with Crippen molar-refractivity contribution in [3.05, 3.63) is 5.56 Å². The summed E-state index contributed by atoms with van der Waals surface area (Å²) in [7, 11) is 0. The number of rotatable bonds is 7. The van der Waals surface area contributed by atoms with Crippen LogP contribution in [0, 0.1) is 5.92 Å². The third-order valence-electron chi connectivity index (χ3n) is 2.64. The van der Waals surface area contributed by atoms with Crippen molar-refractivity contribution >= 4 is 23.5 Å². The Balaban J connectivity index is 3.01. The minimum absolute atomic E-state index is 0.339. The molecule has 1 heterocycles. The molecule has 1 rings (SSSR count). The Bertz CT molecular complexity index is 430. The zero-order chi connectivity index (χ0) is 14.4. The number of nitrogen functional groups attached to an aromatic ring is 1. The summed E-state index contributed by atoms with van der Waals surface area (Å²) in [6.45, 7) is 9.15. The van der Waals surface area contributed by atoms with Crippen LogP contribution in [0.2, 0.25) is 0 Å². The fraction of sp³-hybridized carbons (Fsp3) is 0.692. The van der Waals surface area contributed by atoms with Crippen LogP contribution in [0.1, 0.15) is 44.5 Å². The van der Waals surface area contributed by atoms with Crippen LogP contribution in [0.4, 0.5) is 5.82 Å². The lowest BCUT2D eigenvalue weighted by molar-refractivity contribution is 0.0523. The minimum Gasteiger partial charge on any atom is -0.462 e. The topological polar surface area (TPSA) is 70.1 Å². The quantitative estimate of drug-likeness (QED) is 0.616. The number of aryl methyl sites for hydroxylation is 1. The first-order chi connectivity index (χ1) is 9.01. The molecule has 0 amide bonds. The van der Waals surface area contributed by atoms with E-state index in [-0.39, 0.29) is 5.97 Å². The number of nitrogens with two attached hydrogens (primary N) is 1. The van der Waals surface area contributed by atoms with E-state index in [1.54, 1.807) is 11.6 Å². The van der Waals surface area contributed by atoms with Crippen LogP contribution in [0.3, 0.4) is 0 Å². The molecule has 0 aliphatic heterocycles. The fourth-order valence-electron chi connectivity index (χ4n) is 1.64. The fourth-order valence-corrected chi connectivity index (χ4v) is 2.40. The highest BCUT2D eigenvalue weighted by Gasteiger charge is 2.23. The summed E-state index contributed by atoms with van der Waals surface area (Å²) < 4.78 is 6.76. The van der Waals surface area contributed by atoms with Gasteiger partial charge in [-0.25, -0.2) is 9.48 Å². The Kier molecular flexibility index (Phi) is 6.21. The van der Waals surface area contributed by atoms with Crippen LogP contribution >= 0.6 is 11.8 Å². The smallest absolute Gasteiger partial charge is 0.344 e. The third kappa shape index (κ3) is 4.16. The van der Waals surface area contributed by atoms with Gasteiger partial charge in [-0.1, -0.05) is 20.8 Å². The zero-order valence-electron chi connectivity index (χ0n) is 12.1. The number of esters is 1. The van der Waals surface area contributed by atoms with Crippen LogP contribution in [0.5, 0.6) is 0 Å². The molecule has 6 heteroatoms. The van der Waals surface area contributed by atoms with Crippen molar-refractivity contribution in [3.63, 3.8) is 0 Å². The van der Waals surface area contributed by atoms with Crippen LogP contribution in [-0.4, -0.2) is 28.1 Å². The van der Waals surface area contributed by atoms with Gasteiger partial charge in [-0.3, -0.25) is 0 Å². The molecule has 0 aliphatic rings. The second-order valence-corrected chi connectivity index (χ2v) is 5.88. The van der Waals surface area contributed by atoms with E-state index in [2.05, 4.69) is 18.9 Å². The van der Waals surface area contributed by atoms with Gasteiger partial charge in [0.1, 0.15) is 16.4 Å². The molecule has 1 aromatic heterocycles. The first-order valence-electron chi connectivity index (χ1n) is 6.67. The molecule has 2 N–H and O–H groups in total. The van der Waals surface area contributed by atoms with E-state index in [4.69, 9.17) is 10.5 Å². The molecule has 0 atom stereocenters. The van der Waals surface area contributed by atoms with E-state index < -0.39 is 0 Å². The van der Waals surface area contributed by atoms with Crippen molar-refractivity contribution in [1.82, 2.24) is 9.78 Å². The molecular formula is C13H23N3O2S. The Hall–Kier alpha value is -1.17. The average Bonchev–Trinajstić information content (AvgIpc) is 2.64. The maximum absolute atomic E-state index is 11.9. The van der Waals surface area contributed by atoms with Crippen LogP contribution in [-0.2, 0) is 11.3 Å². The van der Waals surface area contributed by atoms with Crippen molar-refractivity contribution in [2.24, 2.45) is 5.92 Å². The Labute approximate surface area is 118 Å². The second kappa shape index (κ2) is 7.43. The first kappa shape index (κ1) is 15.9. The van der Waals surface area contributed by atoms with Gasteiger partial charge in [0.2, 0.25) is 0 Å². The summed E-state index contributed by atoms with van der Waals surface area (Å²) >= 11 is 1.51. The average molecular weight is 285 g/mol. The summed E-state index contributed by atoms with van der Waals surface area (Å²) in [5.74, 6) is 1.44. The van der Waals surface area contributed by atoms with E-state index in [9.17, 15) is 4.79 Å². The van der Waals surface area contributed by atoms with E-state index in [1.807, 2.05) is 6.92 Å². The van der Waals surface area contributed by atoms with E-state index in [1.165, 1.54) is 11.8 Å². The number of hydrogen-bond donors (Lipinski definition) is 1. The minimum atomic E-state index is -0.383. The molecule has 0 aliphatic carbocycles. The number of carbonyl (C=O) groups excluding carboxylic acids is 1. The van der Waals surface area contributed by atoms with E-state index in [0.717, 1.165) is 18.7 Å². The Morgan fingerprint density at radius 1 is 1.47 bits per heavy atom. The molecule has 0 saturated carbocycles. The van der Waals surface area contributed by atoms with Crippen LogP contribution < -0.4 is 5.73 Å². The molecule has 0 spiro atoms. The second-order valence-electron chi connectivity index (χ2n) is 4.62. The van der Waals surface area contributed by atoms with Crippen molar-refractivity contribution in [2.75, 3.05) is 18.1 Å². The molecule has 0 radical (unpaired) electrons. The van der Waals surface area contributed by atoms with Crippen molar-refractivity contribution in [2.45, 2.75) is 45.7 Å². The molecule has 0 unspecified atom stereocenters. The van der Waals surface area contributed by atoms with Gasteiger partial charge >= 0.3 is 5.97 Å². The van der Waals surface area contributed by atoms with Gasteiger partial charge in [0, 0.05) is 6.54 Å². The molecule has 0 saturated heterocycles. The van der Waals surface area contributed by atoms with Crippen molar-refractivity contribution < 1.29 is 9.53 Å². The number of anilines is 1. The lowest BCUT2D eigenvalue weighted by Gasteiger charge is -2.06. The van der Waals surface area contributed by atoms with E-state index in [0.29, 0.717) is 28.9 Å². The zero-order valence-corrected chi connectivity index (χ0v) is 12.9. The SMILES string of the molecule is CCOC(=O)c1c(SCC)nn(CCC(C)C)c1N. The summed E-state index contributed by atoms with van der Waals surface area (Å²) in [6.07, 6.45) is 0.977. The largest absolute Gasteiger partial charge is 0.462 e. The predicted octanol–water partition coefficient (Wildman–Crippen LogP) is 2.80. The summed E-state index contributed by atoms with van der Waals surface area (Å²) in [5, 5.41) is 5.10. The molecule has 0 aromatic carbocycles. The number of thioether (sulfide) groups is 1. The van der Waals surface area contributed by atoms with Gasteiger partial charge in [-0.2, -0.15) is 5.10 Å². The van der Waals surface area contributed by atoms with Crippen molar-refractivity contribution in [3.8, 4) is 0 Å². The Morgan fingerprint density at radius 2 is 2.16 bits per heavy atom. The molecule has 108 valence electrons. The maximum atomic E-state index is 11.9. The van der Waals surface area contributed by atoms with E-state index >= 15 is 0 Å². The number of carbonyl (C=O) groups is 1. The molecule has 0 fully saturated rings. The molecule has 19 heavy (non-hydrogen) atoms. The molecule has 5 nitrogen and oxygen atoms in total. The van der Waals surface area contributed by atoms with Gasteiger partial charge in [0.25, 0.3) is 0 Å². The highest BCUT2D eigenvalue weighted by Crippen LogP contribution is 2.27. The number of hydrogen-bond acceptors (Lipinski definition) is 5. The van der Waals surface area contributed by atoms with Gasteiger partial charge in [0.15, 0.2) is 0 Å². The predicted molar refractivity (Wildman–Crippen MR) is 78.4 cm³/mol. The maximum Gasteiger partial charge on any atom is 0.344 e. The van der Waals surface area contributed by atoms with Gasteiger partial charge in [-0.05, 0) is 25.0 Å². The monoisotopic (exact) mass is 285 g/mol. The normalized spacial score (nSPS) is 11.0. The summed E-state index contributed by atoms with van der Waals surface area (Å²) in [4.78, 5) is 11.9. The first-order valence-corrected chi connectivity index (χ1v) is 7.65. The lowest BCUT2D eigenvalue weighted by atomic mass is 10.1. The van der Waals surface area contributed by atoms with Gasteiger partial charge < -0.3 is 10.5 Å². The number of aromatic nitrogens is 2.